The number of ether oxygens (including phenoxy) is 1. The van der Waals surface area contributed by atoms with Crippen LogP contribution in [0.3, 0.4) is 0 Å². The minimum Gasteiger partial charge on any atom is -0.377 e. The van der Waals surface area contributed by atoms with Gasteiger partial charge in [0, 0.05) is 13.7 Å². The number of rotatable bonds is 4. The van der Waals surface area contributed by atoms with Crippen LogP contribution in [0.2, 0.25) is 0 Å². The second-order valence-electron chi connectivity index (χ2n) is 4.55. The Labute approximate surface area is 102 Å². The van der Waals surface area contributed by atoms with Crippen molar-refractivity contribution in [1.82, 2.24) is 4.90 Å². The summed E-state index contributed by atoms with van der Waals surface area (Å²) in [5.74, 6) is 0.159. The summed E-state index contributed by atoms with van der Waals surface area (Å²) in [4.78, 5) is 13.8. The first-order valence-electron chi connectivity index (χ1n) is 6.09. The van der Waals surface area contributed by atoms with Crippen LogP contribution in [0.25, 0.3) is 0 Å². The molecule has 0 bridgehead atoms. The number of aryl methyl sites for hydroxylation is 1. The van der Waals surface area contributed by atoms with Crippen molar-refractivity contribution in [3.05, 3.63) is 35.4 Å². The molecule has 0 amide bonds. The summed E-state index contributed by atoms with van der Waals surface area (Å²) in [7, 11) is 1.57. The number of carbonyl (C=O) groups is 1. The molecule has 3 nitrogen and oxygen atoms in total. The van der Waals surface area contributed by atoms with E-state index in [2.05, 4.69) is 29.2 Å². The molecule has 0 aliphatic carbocycles. The van der Waals surface area contributed by atoms with E-state index in [4.69, 9.17) is 4.74 Å². The lowest BCUT2D eigenvalue weighted by Gasteiger charge is -2.19. The van der Waals surface area contributed by atoms with Crippen LogP contribution >= 0.6 is 0 Å². The summed E-state index contributed by atoms with van der Waals surface area (Å²) in [6, 6.07) is 8.51. The molecular formula is C14H19NO2. The molecule has 17 heavy (non-hydrogen) atoms. The summed E-state index contributed by atoms with van der Waals surface area (Å²) >= 11 is 0. The van der Waals surface area contributed by atoms with Crippen LogP contribution in [0.4, 0.5) is 0 Å². The summed E-state index contributed by atoms with van der Waals surface area (Å²) in [5.41, 5.74) is 2.78. The Bertz CT molecular complexity index is 390. The summed E-state index contributed by atoms with van der Waals surface area (Å²) in [6.07, 6.45) is 2.24. The minimum atomic E-state index is 0.159. The third-order valence-electron chi connectivity index (χ3n) is 3.14. The molecule has 0 atom stereocenters. The van der Waals surface area contributed by atoms with Crippen molar-refractivity contribution in [1.29, 1.82) is 0 Å². The van der Waals surface area contributed by atoms with Gasteiger partial charge in [0.25, 0.3) is 0 Å². The Morgan fingerprint density at radius 3 is 2.88 bits per heavy atom. The van der Waals surface area contributed by atoms with Gasteiger partial charge < -0.3 is 4.74 Å². The van der Waals surface area contributed by atoms with E-state index >= 15 is 0 Å². The molecule has 92 valence electrons. The molecule has 0 unspecified atom stereocenters. The van der Waals surface area contributed by atoms with E-state index in [9.17, 15) is 4.79 Å². The fourth-order valence-corrected chi connectivity index (χ4v) is 2.36. The maximum atomic E-state index is 11.6. The van der Waals surface area contributed by atoms with E-state index in [0.717, 1.165) is 25.9 Å². The number of nitrogens with zero attached hydrogens (tertiary/aromatic N) is 1. The van der Waals surface area contributed by atoms with E-state index in [0.29, 0.717) is 6.54 Å². The van der Waals surface area contributed by atoms with Gasteiger partial charge in [-0.2, -0.15) is 0 Å². The average Bonchev–Trinajstić information content (AvgIpc) is 2.50. The Balaban J connectivity index is 2.00. The Morgan fingerprint density at radius 2 is 2.12 bits per heavy atom. The van der Waals surface area contributed by atoms with E-state index in [1.54, 1.807) is 7.11 Å². The maximum absolute atomic E-state index is 11.6. The van der Waals surface area contributed by atoms with Gasteiger partial charge >= 0.3 is 0 Å². The van der Waals surface area contributed by atoms with Crippen LogP contribution < -0.4 is 0 Å². The van der Waals surface area contributed by atoms with Gasteiger partial charge in [0.05, 0.1) is 6.54 Å². The number of hydrogen-bond donors (Lipinski definition) is 0. The standard InChI is InChI=1S/C14H19NO2/c1-17-11-14(16)10-15-8-4-7-12-5-2-3-6-13(12)9-15/h2-3,5-6H,4,7-11H2,1H3. The second kappa shape index (κ2) is 5.94. The number of hydrogen-bond acceptors (Lipinski definition) is 3. The van der Waals surface area contributed by atoms with Crippen LogP contribution in [0.5, 0.6) is 0 Å². The molecule has 0 saturated carbocycles. The molecule has 1 aromatic carbocycles. The molecule has 0 aromatic heterocycles. The number of ketones is 1. The minimum absolute atomic E-state index is 0.159. The molecule has 1 aromatic rings. The van der Waals surface area contributed by atoms with Gasteiger partial charge in [-0.3, -0.25) is 9.69 Å². The zero-order valence-electron chi connectivity index (χ0n) is 10.3. The van der Waals surface area contributed by atoms with Gasteiger partial charge in [0.2, 0.25) is 0 Å². The Morgan fingerprint density at radius 1 is 1.35 bits per heavy atom. The molecule has 0 fully saturated rings. The van der Waals surface area contributed by atoms with Crippen molar-refractivity contribution < 1.29 is 9.53 Å². The largest absolute Gasteiger partial charge is 0.377 e. The fraction of sp³-hybridized carbons (Fsp3) is 0.500. The third kappa shape index (κ3) is 3.38. The lowest BCUT2D eigenvalue weighted by molar-refractivity contribution is -0.123. The quantitative estimate of drug-likeness (QED) is 0.792. The van der Waals surface area contributed by atoms with Gasteiger partial charge in [0.1, 0.15) is 6.61 Å². The highest BCUT2D eigenvalue weighted by Crippen LogP contribution is 2.17. The molecule has 0 saturated heterocycles. The highest BCUT2D eigenvalue weighted by atomic mass is 16.5. The van der Waals surface area contributed by atoms with Crippen LogP contribution in [0.15, 0.2) is 24.3 Å². The van der Waals surface area contributed by atoms with Crippen molar-refractivity contribution in [3.8, 4) is 0 Å². The molecule has 1 aliphatic heterocycles. The molecule has 0 N–H and O–H groups in total. The van der Waals surface area contributed by atoms with Gasteiger partial charge in [-0.15, -0.1) is 0 Å². The zero-order chi connectivity index (χ0) is 12.1. The monoisotopic (exact) mass is 233 g/mol. The van der Waals surface area contributed by atoms with E-state index in [1.165, 1.54) is 11.1 Å². The Hall–Kier alpha value is -1.19. The van der Waals surface area contributed by atoms with Crippen molar-refractivity contribution in [2.75, 3.05) is 26.8 Å². The molecule has 1 heterocycles. The molecule has 3 heteroatoms. The molecule has 2 rings (SSSR count). The van der Waals surface area contributed by atoms with Crippen LogP contribution in [-0.4, -0.2) is 37.5 Å². The van der Waals surface area contributed by atoms with E-state index in [-0.39, 0.29) is 12.4 Å². The average molecular weight is 233 g/mol. The molecule has 0 radical (unpaired) electrons. The predicted octanol–water partition coefficient (Wildman–Crippen LogP) is 1.65. The van der Waals surface area contributed by atoms with Gasteiger partial charge in [-0.1, -0.05) is 24.3 Å². The first-order valence-corrected chi connectivity index (χ1v) is 6.09. The van der Waals surface area contributed by atoms with Crippen molar-refractivity contribution in [2.24, 2.45) is 0 Å². The van der Waals surface area contributed by atoms with Crippen molar-refractivity contribution >= 4 is 5.78 Å². The molecular weight excluding hydrogens is 214 g/mol. The fourth-order valence-electron chi connectivity index (χ4n) is 2.36. The maximum Gasteiger partial charge on any atom is 0.172 e. The van der Waals surface area contributed by atoms with Crippen molar-refractivity contribution in [2.45, 2.75) is 19.4 Å². The first-order chi connectivity index (χ1) is 8.29. The highest BCUT2D eigenvalue weighted by molar-refractivity contribution is 5.81. The van der Waals surface area contributed by atoms with Gasteiger partial charge in [-0.05, 0) is 30.5 Å². The summed E-state index contributed by atoms with van der Waals surface area (Å²) < 4.78 is 4.87. The second-order valence-corrected chi connectivity index (χ2v) is 4.55. The van der Waals surface area contributed by atoms with E-state index in [1.807, 2.05) is 0 Å². The lowest BCUT2D eigenvalue weighted by atomic mass is 10.0. The smallest absolute Gasteiger partial charge is 0.172 e. The number of carbonyl (C=O) groups excluding carboxylic acids is 1. The summed E-state index contributed by atoms with van der Waals surface area (Å²) in [6.45, 7) is 2.59. The number of fused-ring (bicyclic) bond motifs is 1. The summed E-state index contributed by atoms with van der Waals surface area (Å²) in [5, 5.41) is 0. The van der Waals surface area contributed by atoms with Crippen LogP contribution in [0.1, 0.15) is 17.5 Å². The normalized spacial score (nSPS) is 16.3. The predicted molar refractivity (Wildman–Crippen MR) is 66.9 cm³/mol. The topological polar surface area (TPSA) is 29.5 Å². The first kappa shape index (κ1) is 12.3. The lowest BCUT2D eigenvalue weighted by Crippen LogP contribution is -2.31. The van der Waals surface area contributed by atoms with Gasteiger partial charge in [0.15, 0.2) is 5.78 Å². The third-order valence-corrected chi connectivity index (χ3v) is 3.14. The van der Waals surface area contributed by atoms with Gasteiger partial charge in [-0.25, -0.2) is 0 Å². The highest BCUT2D eigenvalue weighted by Gasteiger charge is 2.16. The number of benzene rings is 1. The Kier molecular flexibility index (Phi) is 4.29. The van der Waals surface area contributed by atoms with Crippen LogP contribution in [-0.2, 0) is 22.5 Å². The number of methoxy groups -OCH3 is 1. The number of Topliss-reactive ketones (excluding diaryl/α,β-unsaturated/α-hetero) is 1. The molecule has 0 spiro atoms. The van der Waals surface area contributed by atoms with Crippen LogP contribution in [0, 0.1) is 0 Å². The zero-order valence-corrected chi connectivity index (χ0v) is 10.3. The van der Waals surface area contributed by atoms with E-state index < -0.39 is 0 Å². The molecule has 1 aliphatic rings. The van der Waals surface area contributed by atoms with Crippen molar-refractivity contribution in [3.63, 3.8) is 0 Å². The SMILES string of the molecule is COCC(=O)CN1CCCc2ccccc2C1.